The number of fused-ring (bicyclic) bond motifs is 5. The summed E-state index contributed by atoms with van der Waals surface area (Å²) in [5.41, 5.74) is 3.34. The topological polar surface area (TPSA) is 41.7 Å². The van der Waals surface area contributed by atoms with E-state index in [4.69, 9.17) is 5.41 Å². The zero-order valence-corrected chi connectivity index (χ0v) is 15.7. The number of imidazole rings is 1. The van der Waals surface area contributed by atoms with Crippen LogP contribution >= 0.6 is 0 Å². The third-order valence-electron chi connectivity index (χ3n) is 8.85. The lowest BCUT2D eigenvalue weighted by Gasteiger charge is -2.60. The molecule has 0 spiro atoms. The molecule has 0 bridgehead atoms. The zero-order valence-electron chi connectivity index (χ0n) is 15.7. The first-order chi connectivity index (χ1) is 12.0. The molecule has 0 aliphatic heterocycles. The molecular weight excluding hydrogens is 306 g/mol. The Morgan fingerprint density at radius 3 is 2.84 bits per heavy atom. The Hall–Kier alpha value is -1.38. The van der Waals surface area contributed by atoms with E-state index in [1.54, 1.807) is 0 Å². The van der Waals surface area contributed by atoms with E-state index in [2.05, 4.69) is 35.7 Å². The molecule has 4 aliphatic carbocycles. The van der Waals surface area contributed by atoms with Gasteiger partial charge < -0.3 is 9.98 Å². The molecule has 0 aromatic carbocycles. The van der Waals surface area contributed by atoms with Crippen molar-refractivity contribution >= 4 is 11.4 Å². The van der Waals surface area contributed by atoms with Gasteiger partial charge in [-0.15, -0.1) is 0 Å². The smallest absolute Gasteiger partial charge is 0.0989 e. The largest absolute Gasteiger partial charge is 0.310 e. The van der Waals surface area contributed by atoms with Gasteiger partial charge in [0, 0.05) is 29.2 Å². The average molecular weight is 338 g/mol. The lowest BCUT2D eigenvalue weighted by molar-refractivity contribution is -0.0843. The molecule has 4 aliphatic rings. The Morgan fingerprint density at radius 2 is 2.04 bits per heavy atom. The van der Waals surface area contributed by atoms with E-state index in [-0.39, 0.29) is 0 Å². The lowest BCUT2D eigenvalue weighted by atomic mass is 9.45. The molecule has 3 nitrogen and oxygen atoms in total. The van der Waals surface area contributed by atoms with Crippen LogP contribution in [-0.2, 0) is 0 Å². The Kier molecular flexibility index (Phi) is 3.37. The summed E-state index contributed by atoms with van der Waals surface area (Å²) in [6.45, 7) is 5.11. The van der Waals surface area contributed by atoms with Gasteiger partial charge in [-0.3, -0.25) is 0 Å². The fourth-order valence-electron chi connectivity index (χ4n) is 7.43. The highest BCUT2D eigenvalue weighted by Crippen LogP contribution is 2.66. The number of rotatable bonds is 1. The van der Waals surface area contributed by atoms with Crippen molar-refractivity contribution in [3.05, 3.63) is 24.8 Å². The molecule has 0 saturated heterocycles. The van der Waals surface area contributed by atoms with Crippen LogP contribution in [0.4, 0.5) is 0 Å². The molecule has 1 heterocycles. The van der Waals surface area contributed by atoms with Crippen LogP contribution in [0.5, 0.6) is 0 Å². The molecule has 0 amide bonds. The molecule has 25 heavy (non-hydrogen) atoms. The second kappa shape index (κ2) is 5.31. The van der Waals surface area contributed by atoms with Gasteiger partial charge in [-0.2, -0.15) is 0 Å². The van der Waals surface area contributed by atoms with Crippen LogP contribution in [0, 0.1) is 39.9 Å². The van der Waals surface area contributed by atoms with Crippen molar-refractivity contribution in [3.8, 4) is 0 Å². The highest BCUT2D eigenvalue weighted by atomic mass is 15.1. The van der Waals surface area contributed by atoms with E-state index in [0.717, 1.165) is 42.2 Å². The predicted octanol–water partition coefficient (Wildman–Crippen LogP) is 5.40. The minimum atomic E-state index is 0.326. The summed E-state index contributed by atoms with van der Waals surface area (Å²) in [7, 11) is 0. The SMILES string of the molecule is C[C@]12CCC(=N)C[C@@H]1CC[C@@H]1[C@@H]2CC[C@]2(C)C(n3ccnc3)=CC[C@@H]12. The summed E-state index contributed by atoms with van der Waals surface area (Å²) >= 11 is 0. The predicted molar refractivity (Wildman–Crippen MR) is 101 cm³/mol. The first kappa shape index (κ1) is 15.8. The van der Waals surface area contributed by atoms with Crippen molar-refractivity contribution in [2.24, 2.45) is 34.5 Å². The fourth-order valence-corrected chi connectivity index (χ4v) is 7.43. The van der Waals surface area contributed by atoms with Gasteiger partial charge in [-0.1, -0.05) is 19.9 Å². The van der Waals surface area contributed by atoms with Crippen LogP contribution in [-0.4, -0.2) is 15.3 Å². The second-order valence-electron chi connectivity index (χ2n) is 9.72. The van der Waals surface area contributed by atoms with Gasteiger partial charge in [0.2, 0.25) is 0 Å². The standard InChI is InChI=1S/C22H31N3/c1-21-9-7-16(23)13-15(21)3-4-17-18-5-6-20(25-12-11-24-14-25)22(18,2)10-8-19(17)21/h6,11-12,14-15,17-19,23H,3-5,7-10,13H2,1-2H3/t15-,17-,18-,19-,21-,22-/m0/s1. The van der Waals surface area contributed by atoms with Crippen molar-refractivity contribution in [2.45, 2.75) is 65.2 Å². The van der Waals surface area contributed by atoms with Gasteiger partial charge in [0.25, 0.3) is 0 Å². The van der Waals surface area contributed by atoms with Crippen LogP contribution < -0.4 is 0 Å². The number of allylic oxidation sites excluding steroid dienone is 2. The highest BCUT2D eigenvalue weighted by Gasteiger charge is 2.58. The minimum Gasteiger partial charge on any atom is -0.310 e. The van der Waals surface area contributed by atoms with Crippen LogP contribution in [0.15, 0.2) is 24.8 Å². The first-order valence-corrected chi connectivity index (χ1v) is 10.3. The third-order valence-corrected chi connectivity index (χ3v) is 8.85. The van der Waals surface area contributed by atoms with Crippen molar-refractivity contribution in [1.29, 1.82) is 5.41 Å². The second-order valence-corrected chi connectivity index (χ2v) is 9.72. The molecular formula is C22H31N3. The average Bonchev–Trinajstić information content (AvgIpc) is 3.22. The summed E-state index contributed by atoms with van der Waals surface area (Å²) in [6, 6.07) is 0. The maximum Gasteiger partial charge on any atom is 0.0989 e. The van der Waals surface area contributed by atoms with Gasteiger partial charge in [0.15, 0.2) is 0 Å². The normalized spacial score (nSPS) is 46.2. The number of nitrogens with zero attached hydrogens (tertiary/aromatic N) is 2. The van der Waals surface area contributed by atoms with Gasteiger partial charge in [0.05, 0.1) is 6.33 Å². The summed E-state index contributed by atoms with van der Waals surface area (Å²) < 4.78 is 2.27. The quantitative estimate of drug-likeness (QED) is 0.733. The number of aromatic nitrogens is 2. The first-order valence-electron chi connectivity index (χ1n) is 10.3. The summed E-state index contributed by atoms with van der Waals surface area (Å²) in [4.78, 5) is 4.29. The molecule has 3 fully saturated rings. The maximum absolute atomic E-state index is 8.17. The molecule has 1 aromatic rings. The van der Waals surface area contributed by atoms with Crippen molar-refractivity contribution in [2.75, 3.05) is 0 Å². The van der Waals surface area contributed by atoms with Crippen molar-refractivity contribution < 1.29 is 0 Å². The molecule has 3 heteroatoms. The van der Waals surface area contributed by atoms with Crippen molar-refractivity contribution in [1.82, 2.24) is 9.55 Å². The van der Waals surface area contributed by atoms with E-state index in [9.17, 15) is 0 Å². The molecule has 6 atom stereocenters. The molecule has 134 valence electrons. The van der Waals surface area contributed by atoms with Gasteiger partial charge in [-0.05, 0) is 80.5 Å². The molecule has 1 aromatic heterocycles. The Morgan fingerprint density at radius 1 is 1.16 bits per heavy atom. The van der Waals surface area contributed by atoms with E-state index < -0.39 is 0 Å². The van der Waals surface area contributed by atoms with Gasteiger partial charge in [-0.25, -0.2) is 4.98 Å². The number of hydrogen-bond acceptors (Lipinski definition) is 2. The monoisotopic (exact) mass is 337 g/mol. The summed E-state index contributed by atoms with van der Waals surface area (Å²) in [5, 5.41) is 8.17. The molecule has 1 N–H and O–H groups in total. The van der Waals surface area contributed by atoms with Gasteiger partial charge >= 0.3 is 0 Å². The number of hydrogen-bond donors (Lipinski definition) is 1. The van der Waals surface area contributed by atoms with E-state index in [0.29, 0.717) is 10.8 Å². The summed E-state index contributed by atoms with van der Waals surface area (Å²) in [6.07, 6.45) is 18.6. The van der Waals surface area contributed by atoms with Crippen LogP contribution in [0.3, 0.4) is 0 Å². The van der Waals surface area contributed by atoms with Crippen LogP contribution in [0.1, 0.15) is 65.2 Å². The van der Waals surface area contributed by atoms with Crippen LogP contribution in [0.25, 0.3) is 5.70 Å². The van der Waals surface area contributed by atoms with Crippen LogP contribution in [0.2, 0.25) is 0 Å². The molecule has 5 rings (SSSR count). The molecule has 0 radical (unpaired) electrons. The highest BCUT2D eigenvalue weighted by molar-refractivity contribution is 5.82. The minimum absolute atomic E-state index is 0.326. The Bertz CT molecular complexity index is 718. The lowest BCUT2D eigenvalue weighted by Crippen LogP contribution is -2.53. The molecule has 0 unspecified atom stereocenters. The van der Waals surface area contributed by atoms with E-state index >= 15 is 0 Å². The van der Waals surface area contributed by atoms with Gasteiger partial charge in [0.1, 0.15) is 0 Å². The Labute approximate surface area is 151 Å². The van der Waals surface area contributed by atoms with Crippen molar-refractivity contribution in [3.63, 3.8) is 0 Å². The molecule has 3 saturated carbocycles. The third kappa shape index (κ3) is 2.10. The van der Waals surface area contributed by atoms with E-state index in [1.165, 1.54) is 44.2 Å². The summed E-state index contributed by atoms with van der Waals surface area (Å²) in [5.74, 6) is 3.35. The Balaban J connectivity index is 1.45. The maximum atomic E-state index is 8.17. The van der Waals surface area contributed by atoms with E-state index in [1.807, 2.05) is 12.5 Å². The zero-order chi connectivity index (χ0) is 17.2. The number of nitrogens with one attached hydrogen (secondary N) is 1. The fraction of sp³-hybridized carbons (Fsp3) is 0.727.